The van der Waals surface area contributed by atoms with E-state index in [1.807, 2.05) is 0 Å². The first kappa shape index (κ1) is 9.47. The normalized spacial score (nSPS) is 17.3. The zero-order valence-electron chi connectivity index (χ0n) is 7.47. The molecule has 3 heteroatoms. The standard InChI is InChI=1S/C6H9NO.Ca.2H/c1-2-7-5-3-4-6(7)8;;;/h2H,1,3-5H2;;;/q;+2;2*-1. The zero-order chi connectivity index (χ0) is 5.98. The second-order valence-corrected chi connectivity index (χ2v) is 1.87. The number of likely N-dealkylation sites (tertiary alicyclic amines) is 1. The molecule has 0 bridgehead atoms. The molecule has 0 atom stereocenters. The maximum absolute atomic E-state index is 10.7. The third-order valence-electron chi connectivity index (χ3n) is 1.33. The third kappa shape index (κ3) is 2.28. The van der Waals surface area contributed by atoms with Gasteiger partial charge in [0.2, 0.25) is 5.91 Å². The van der Waals surface area contributed by atoms with Crippen molar-refractivity contribution in [2.24, 2.45) is 0 Å². The second kappa shape index (κ2) is 4.31. The Balaban J connectivity index is -0.000000213. The summed E-state index contributed by atoms with van der Waals surface area (Å²) in [7, 11) is 0. The summed E-state index contributed by atoms with van der Waals surface area (Å²) in [5.41, 5.74) is 0. The SMILES string of the molecule is C=CN1CCCC1=O.[Ca+2].[H-].[H-]. The third-order valence-corrected chi connectivity index (χ3v) is 1.33. The Morgan fingerprint density at radius 1 is 1.78 bits per heavy atom. The minimum absolute atomic E-state index is 0. The Labute approximate surface area is 87.9 Å². The first-order chi connectivity index (χ1) is 3.84. The summed E-state index contributed by atoms with van der Waals surface area (Å²) in [5, 5.41) is 0. The summed E-state index contributed by atoms with van der Waals surface area (Å²) < 4.78 is 0. The predicted octanol–water partition coefficient (Wildman–Crippen LogP) is 0.597. The monoisotopic (exact) mass is 153 g/mol. The van der Waals surface area contributed by atoms with E-state index in [1.54, 1.807) is 11.1 Å². The second-order valence-electron chi connectivity index (χ2n) is 1.87. The fraction of sp³-hybridized carbons (Fsp3) is 0.500. The van der Waals surface area contributed by atoms with Gasteiger partial charge in [-0.3, -0.25) is 4.79 Å². The summed E-state index contributed by atoms with van der Waals surface area (Å²) in [5.74, 6) is 0.208. The predicted molar refractivity (Wildman–Crippen MR) is 39.1 cm³/mol. The van der Waals surface area contributed by atoms with Gasteiger partial charge < -0.3 is 7.75 Å². The van der Waals surface area contributed by atoms with Crippen LogP contribution >= 0.6 is 0 Å². The van der Waals surface area contributed by atoms with Crippen molar-refractivity contribution in [3.05, 3.63) is 12.8 Å². The van der Waals surface area contributed by atoms with Crippen LogP contribution in [0.2, 0.25) is 0 Å². The van der Waals surface area contributed by atoms with Crippen LogP contribution in [0.15, 0.2) is 12.8 Å². The molecule has 1 amide bonds. The summed E-state index contributed by atoms with van der Waals surface area (Å²) in [4.78, 5) is 12.3. The van der Waals surface area contributed by atoms with E-state index in [9.17, 15) is 4.79 Å². The number of nitrogens with zero attached hydrogens (tertiary/aromatic N) is 1. The Kier molecular flexibility index (Phi) is 4.54. The number of carbonyl (C=O) groups excluding carboxylic acids is 1. The van der Waals surface area contributed by atoms with E-state index in [0.29, 0.717) is 6.42 Å². The van der Waals surface area contributed by atoms with E-state index in [4.69, 9.17) is 0 Å². The molecule has 0 aromatic rings. The van der Waals surface area contributed by atoms with Gasteiger partial charge in [-0.25, -0.2) is 0 Å². The molecule has 1 fully saturated rings. The maximum atomic E-state index is 10.7. The molecule has 1 aliphatic rings. The van der Waals surface area contributed by atoms with Gasteiger partial charge in [0, 0.05) is 13.0 Å². The molecule has 48 valence electrons. The Morgan fingerprint density at radius 3 is 2.67 bits per heavy atom. The molecule has 0 radical (unpaired) electrons. The van der Waals surface area contributed by atoms with Crippen molar-refractivity contribution < 1.29 is 7.65 Å². The van der Waals surface area contributed by atoms with Crippen molar-refractivity contribution in [3.8, 4) is 0 Å². The average Bonchev–Trinajstić information content (AvgIpc) is 2.14. The van der Waals surface area contributed by atoms with Gasteiger partial charge in [0.05, 0.1) is 0 Å². The fourth-order valence-electron chi connectivity index (χ4n) is 0.862. The average molecular weight is 153 g/mol. The smallest absolute Gasteiger partial charge is 1.00 e. The van der Waals surface area contributed by atoms with Gasteiger partial charge in [-0.1, -0.05) is 6.58 Å². The minimum Gasteiger partial charge on any atom is -1.00 e. The largest absolute Gasteiger partial charge is 2.00 e. The van der Waals surface area contributed by atoms with Crippen LogP contribution in [0.1, 0.15) is 15.7 Å². The molecule has 1 rings (SSSR count). The van der Waals surface area contributed by atoms with Gasteiger partial charge in [-0.15, -0.1) is 0 Å². The van der Waals surface area contributed by atoms with Crippen molar-refractivity contribution >= 4 is 43.6 Å². The molecule has 2 nitrogen and oxygen atoms in total. The van der Waals surface area contributed by atoms with Gasteiger partial charge >= 0.3 is 37.7 Å². The van der Waals surface area contributed by atoms with E-state index >= 15 is 0 Å². The summed E-state index contributed by atoms with van der Waals surface area (Å²) in [6, 6.07) is 0. The molecule has 0 aliphatic carbocycles. The molecular weight excluding hydrogens is 142 g/mol. The van der Waals surface area contributed by atoms with Crippen LogP contribution in [0.25, 0.3) is 0 Å². The van der Waals surface area contributed by atoms with Crippen LogP contribution in [0, 0.1) is 0 Å². The van der Waals surface area contributed by atoms with Crippen molar-refractivity contribution in [1.29, 1.82) is 0 Å². The molecule has 0 aromatic heterocycles. The number of hydrogen-bond donors (Lipinski definition) is 0. The van der Waals surface area contributed by atoms with E-state index < -0.39 is 0 Å². The van der Waals surface area contributed by atoms with Crippen LogP contribution in [0.4, 0.5) is 0 Å². The first-order valence-electron chi connectivity index (χ1n) is 2.76. The molecule has 0 N–H and O–H groups in total. The van der Waals surface area contributed by atoms with Crippen molar-refractivity contribution in [1.82, 2.24) is 4.90 Å². The first-order valence-corrected chi connectivity index (χ1v) is 2.76. The van der Waals surface area contributed by atoms with Crippen LogP contribution < -0.4 is 0 Å². The molecule has 1 heterocycles. The van der Waals surface area contributed by atoms with Gasteiger partial charge in [-0.2, -0.15) is 0 Å². The van der Waals surface area contributed by atoms with Crippen molar-refractivity contribution in [3.63, 3.8) is 0 Å². The summed E-state index contributed by atoms with van der Waals surface area (Å²) in [6.07, 6.45) is 3.28. The maximum Gasteiger partial charge on any atom is 2.00 e. The molecule has 0 unspecified atom stereocenters. The van der Waals surface area contributed by atoms with Crippen LogP contribution in [0.3, 0.4) is 0 Å². The van der Waals surface area contributed by atoms with E-state index in [2.05, 4.69) is 6.58 Å². The summed E-state index contributed by atoms with van der Waals surface area (Å²) >= 11 is 0. The van der Waals surface area contributed by atoms with E-state index in [0.717, 1.165) is 13.0 Å². The van der Waals surface area contributed by atoms with Gasteiger partial charge in [0.25, 0.3) is 0 Å². The Hall–Kier alpha value is 0.470. The minimum atomic E-state index is 0. The van der Waals surface area contributed by atoms with E-state index in [1.165, 1.54) is 0 Å². The van der Waals surface area contributed by atoms with Crippen LogP contribution in [0.5, 0.6) is 0 Å². The van der Waals surface area contributed by atoms with Gasteiger partial charge in [-0.05, 0) is 12.6 Å². The topological polar surface area (TPSA) is 20.3 Å². The number of amides is 1. The van der Waals surface area contributed by atoms with Crippen molar-refractivity contribution in [2.45, 2.75) is 12.8 Å². The van der Waals surface area contributed by atoms with Crippen molar-refractivity contribution in [2.75, 3.05) is 6.54 Å². The van der Waals surface area contributed by atoms with Gasteiger partial charge in [0.15, 0.2) is 0 Å². The quantitative estimate of drug-likeness (QED) is 0.505. The molecular formula is C6H11CaNO. The molecule has 1 aliphatic heterocycles. The van der Waals surface area contributed by atoms with Gasteiger partial charge in [0.1, 0.15) is 0 Å². The Morgan fingerprint density at radius 2 is 2.44 bits per heavy atom. The molecule has 0 saturated carbocycles. The van der Waals surface area contributed by atoms with E-state index in [-0.39, 0.29) is 46.5 Å². The molecule has 0 spiro atoms. The number of hydrogen-bond acceptors (Lipinski definition) is 1. The number of carbonyl (C=O) groups is 1. The molecule has 9 heavy (non-hydrogen) atoms. The Bertz CT molecular complexity index is 132. The molecule has 0 aromatic carbocycles. The summed E-state index contributed by atoms with van der Waals surface area (Å²) in [6.45, 7) is 4.36. The van der Waals surface area contributed by atoms with Crippen LogP contribution in [-0.4, -0.2) is 55.1 Å². The fourth-order valence-corrected chi connectivity index (χ4v) is 0.862. The zero-order valence-corrected chi connectivity index (χ0v) is 7.68. The van der Waals surface area contributed by atoms with Crippen LogP contribution in [-0.2, 0) is 4.79 Å². The molecule has 1 saturated heterocycles. The number of rotatable bonds is 1.